The Morgan fingerprint density at radius 1 is 1.24 bits per heavy atom. The molecule has 0 radical (unpaired) electrons. The third kappa shape index (κ3) is 2.62. The molecule has 3 heteroatoms. The molecule has 0 saturated heterocycles. The molecule has 1 aromatic carbocycles. The van der Waals surface area contributed by atoms with Gasteiger partial charge in [-0.1, -0.05) is 36.2 Å². The lowest BCUT2D eigenvalue weighted by molar-refractivity contribution is 0.247. The Balaban J connectivity index is 2.31. The van der Waals surface area contributed by atoms with E-state index >= 15 is 0 Å². The second-order valence-corrected chi connectivity index (χ2v) is 6.11. The molecule has 0 bridgehead atoms. The first kappa shape index (κ1) is 13.2. The summed E-state index contributed by atoms with van der Waals surface area (Å²) in [4.78, 5) is 0. The number of benzene rings is 1. The molecule has 0 heterocycles. The standard InChI is InChI=1S/C14H19Cl2N/c1-10-4-6-14(9-17,7-5-10)11-2-3-12(15)13(16)8-11/h2-3,8,10H,4-7,9,17H2,1H3. The van der Waals surface area contributed by atoms with Crippen LogP contribution in [0.5, 0.6) is 0 Å². The summed E-state index contributed by atoms with van der Waals surface area (Å²) in [6, 6.07) is 5.96. The fraction of sp³-hybridized carbons (Fsp3) is 0.571. The van der Waals surface area contributed by atoms with Crippen molar-refractivity contribution in [2.45, 2.75) is 38.0 Å². The minimum absolute atomic E-state index is 0.112. The molecule has 0 spiro atoms. The van der Waals surface area contributed by atoms with Gasteiger partial charge in [0.2, 0.25) is 0 Å². The van der Waals surface area contributed by atoms with Crippen molar-refractivity contribution in [3.63, 3.8) is 0 Å². The number of halogens is 2. The van der Waals surface area contributed by atoms with Gasteiger partial charge in [0.25, 0.3) is 0 Å². The van der Waals surface area contributed by atoms with E-state index < -0.39 is 0 Å². The van der Waals surface area contributed by atoms with Gasteiger partial charge in [0.1, 0.15) is 0 Å². The average molecular weight is 272 g/mol. The third-order valence-electron chi connectivity index (χ3n) is 4.15. The Morgan fingerprint density at radius 3 is 2.41 bits per heavy atom. The summed E-state index contributed by atoms with van der Waals surface area (Å²) in [7, 11) is 0. The van der Waals surface area contributed by atoms with Crippen LogP contribution in [0.25, 0.3) is 0 Å². The maximum Gasteiger partial charge on any atom is 0.0595 e. The molecule has 1 nitrogen and oxygen atoms in total. The SMILES string of the molecule is CC1CCC(CN)(c2ccc(Cl)c(Cl)c2)CC1. The topological polar surface area (TPSA) is 26.0 Å². The third-order valence-corrected chi connectivity index (χ3v) is 4.89. The van der Waals surface area contributed by atoms with E-state index in [9.17, 15) is 0 Å². The molecule has 1 aliphatic rings. The minimum atomic E-state index is 0.112. The van der Waals surface area contributed by atoms with Crippen molar-refractivity contribution in [2.24, 2.45) is 11.7 Å². The first-order chi connectivity index (χ1) is 8.07. The van der Waals surface area contributed by atoms with Crippen LogP contribution >= 0.6 is 23.2 Å². The van der Waals surface area contributed by atoms with Crippen molar-refractivity contribution >= 4 is 23.2 Å². The monoisotopic (exact) mass is 271 g/mol. The van der Waals surface area contributed by atoms with Crippen LogP contribution in [0.1, 0.15) is 38.2 Å². The van der Waals surface area contributed by atoms with E-state index in [1.165, 1.54) is 18.4 Å². The zero-order valence-electron chi connectivity index (χ0n) is 10.2. The summed E-state index contributed by atoms with van der Waals surface area (Å²) in [6.07, 6.45) is 4.81. The number of nitrogens with two attached hydrogens (primary N) is 1. The van der Waals surface area contributed by atoms with Gasteiger partial charge in [0.05, 0.1) is 10.0 Å². The van der Waals surface area contributed by atoms with Gasteiger partial charge in [0, 0.05) is 12.0 Å². The largest absolute Gasteiger partial charge is 0.330 e. The van der Waals surface area contributed by atoms with Crippen molar-refractivity contribution in [3.05, 3.63) is 33.8 Å². The maximum atomic E-state index is 6.11. The zero-order valence-corrected chi connectivity index (χ0v) is 11.7. The molecule has 0 atom stereocenters. The van der Waals surface area contributed by atoms with Crippen LogP contribution in [0, 0.1) is 5.92 Å². The molecule has 1 aliphatic carbocycles. The highest BCUT2D eigenvalue weighted by atomic mass is 35.5. The van der Waals surface area contributed by atoms with Crippen LogP contribution in [0.15, 0.2) is 18.2 Å². The fourth-order valence-corrected chi connectivity index (χ4v) is 3.05. The van der Waals surface area contributed by atoms with Crippen molar-refractivity contribution in [3.8, 4) is 0 Å². The summed E-state index contributed by atoms with van der Waals surface area (Å²) >= 11 is 12.1. The highest BCUT2D eigenvalue weighted by molar-refractivity contribution is 6.42. The van der Waals surface area contributed by atoms with Crippen LogP contribution in [-0.4, -0.2) is 6.54 Å². The van der Waals surface area contributed by atoms with E-state index in [1.54, 1.807) is 0 Å². The second-order valence-electron chi connectivity index (χ2n) is 5.30. The number of hydrogen-bond acceptors (Lipinski definition) is 1. The van der Waals surface area contributed by atoms with E-state index in [-0.39, 0.29) is 5.41 Å². The molecule has 1 saturated carbocycles. The van der Waals surface area contributed by atoms with E-state index in [4.69, 9.17) is 28.9 Å². The van der Waals surface area contributed by atoms with Gasteiger partial charge in [0.15, 0.2) is 0 Å². The molecule has 17 heavy (non-hydrogen) atoms. The summed E-state index contributed by atoms with van der Waals surface area (Å²) in [5.74, 6) is 0.817. The molecule has 0 aromatic heterocycles. The normalized spacial score (nSPS) is 29.3. The summed E-state index contributed by atoms with van der Waals surface area (Å²) < 4.78 is 0. The average Bonchev–Trinajstić information content (AvgIpc) is 2.34. The van der Waals surface area contributed by atoms with Crippen LogP contribution in [-0.2, 0) is 5.41 Å². The molecular formula is C14H19Cl2N. The Bertz CT molecular complexity index is 395. The zero-order chi connectivity index (χ0) is 12.5. The Labute approximate surface area is 113 Å². The quantitative estimate of drug-likeness (QED) is 0.848. The Morgan fingerprint density at radius 2 is 1.88 bits per heavy atom. The molecule has 2 rings (SSSR count). The van der Waals surface area contributed by atoms with E-state index in [0.29, 0.717) is 16.6 Å². The van der Waals surface area contributed by atoms with Crippen LogP contribution < -0.4 is 5.73 Å². The lowest BCUT2D eigenvalue weighted by Crippen LogP contribution is -2.38. The fourth-order valence-electron chi connectivity index (χ4n) is 2.75. The maximum absolute atomic E-state index is 6.11. The lowest BCUT2D eigenvalue weighted by Gasteiger charge is -2.39. The van der Waals surface area contributed by atoms with Crippen molar-refractivity contribution in [2.75, 3.05) is 6.54 Å². The first-order valence-corrected chi connectivity index (χ1v) is 6.98. The molecule has 0 unspecified atom stereocenters. The second kappa shape index (κ2) is 5.17. The Kier molecular flexibility index (Phi) is 4.02. The summed E-state index contributed by atoms with van der Waals surface area (Å²) in [6.45, 7) is 3.01. The molecule has 2 N–H and O–H groups in total. The minimum Gasteiger partial charge on any atom is -0.330 e. The number of hydrogen-bond donors (Lipinski definition) is 1. The van der Waals surface area contributed by atoms with Crippen molar-refractivity contribution in [1.29, 1.82) is 0 Å². The van der Waals surface area contributed by atoms with Gasteiger partial charge in [-0.3, -0.25) is 0 Å². The highest BCUT2D eigenvalue weighted by Crippen LogP contribution is 2.42. The van der Waals surface area contributed by atoms with Crippen LogP contribution in [0.2, 0.25) is 10.0 Å². The first-order valence-electron chi connectivity index (χ1n) is 6.23. The van der Waals surface area contributed by atoms with Gasteiger partial charge in [-0.2, -0.15) is 0 Å². The molecule has 1 aromatic rings. The Hall–Kier alpha value is -0.240. The van der Waals surface area contributed by atoms with Gasteiger partial charge in [-0.25, -0.2) is 0 Å². The smallest absolute Gasteiger partial charge is 0.0595 e. The van der Waals surface area contributed by atoms with Crippen LogP contribution in [0.4, 0.5) is 0 Å². The van der Waals surface area contributed by atoms with Crippen molar-refractivity contribution in [1.82, 2.24) is 0 Å². The highest BCUT2D eigenvalue weighted by Gasteiger charge is 2.34. The molecule has 0 amide bonds. The summed E-state index contributed by atoms with van der Waals surface area (Å²) in [5, 5.41) is 1.25. The summed E-state index contributed by atoms with van der Waals surface area (Å²) in [5.41, 5.74) is 7.39. The van der Waals surface area contributed by atoms with Gasteiger partial charge >= 0.3 is 0 Å². The van der Waals surface area contributed by atoms with E-state index in [2.05, 4.69) is 13.0 Å². The van der Waals surface area contributed by atoms with Gasteiger partial charge in [-0.05, 0) is 49.3 Å². The number of rotatable bonds is 2. The molecular weight excluding hydrogens is 253 g/mol. The van der Waals surface area contributed by atoms with Crippen molar-refractivity contribution < 1.29 is 0 Å². The molecule has 94 valence electrons. The van der Waals surface area contributed by atoms with E-state index in [1.807, 2.05) is 12.1 Å². The van der Waals surface area contributed by atoms with E-state index in [0.717, 1.165) is 18.8 Å². The predicted octanol–water partition coefficient (Wildman–Crippen LogP) is 4.40. The molecule has 0 aliphatic heterocycles. The van der Waals surface area contributed by atoms with Gasteiger partial charge in [-0.15, -0.1) is 0 Å². The predicted molar refractivity (Wildman–Crippen MR) is 74.8 cm³/mol. The van der Waals surface area contributed by atoms with Gasteiger partial charge < -0.3 is 5.73 Å². The van der Waals surface area contributed by atoms with Crippen LogP contribution in [0.3, 0.4) is 0 Å². The molecule has 1 fully saturated rings. The lowest BCUT2D eigenvalue weighted by atomic mass is 9.67.